The summed E-state index contributed by atoms with van der Waals surface area (Å²) in [4.78, 5) is 32.4. The number of imidazole rings is 1. The molecule has 1 fully saturated rings. The molecule has 2 heterocycles. The lowest BCUT2D eigenvalue weighted by molar-refractivity contribution is -0.131. The molecular weight excluding hydrogens is 484 g/mol. The molecule has 3 aromatic carbocycles. The van der Waals surface area contributed by atoms with E-state index < -0.39 is 0 Å². The van der Waals surface area contributed by atoms with E-state index in [0.717, 1.165) is 66.8 Å². The van der Waals surface area contributed by atoms with Crippen LogP contribution in [0.2, 0.25) is 0 Å². The van der Waals surface area contributed by atoms with Gasteiger partial charge in [0.2, 0.25) is 11.8 Å². The van der Waals surface area contributed by atoms with E-state index in [0.29, 0.717) is 25.9 Å². The minimum Gasteiger partial charge on any atom is -0.356 e. The molecule has 39 heavy (non-hydrogen) atoms. The van der Waals surface area contributed by atoms with Crippen LogP contribution in [0.1, 0.15) is 49.9 Å². The molecule has 2 amide bonds. The Morgan fingerprint density at radius 1 is 0.795 bits per heavy atom. The van der Waals surface area contributed by atoms with Gasteiger partial charge in [-0.1, -0.05) is 79.6 Å². The van der Waals surface area contributed by atoms with Gasteiger partial charge in [0, 0.05) is 39.0 Å². The molecule has 1 aliphatic heterocycles. The second-order valence-corrected chi connectivity index (χ2v) is 10.4. The highest BCUT2D eigenvalue weighted by atomic mass is 16.2. The molecule has 6 nitrogen and oxygen atoms in total. The first-order chi connectivity index (χ1) is 19.2. The molecule has 0 radical (unpaired) electrons. The van der Waals surface area contributed by atoms with Crippen molar-refractivity contribution in [2.24, 2.45) is 0 Å². The maximum atomic E-state index is 12.9. The molecule has 1 aromatic heterocycles. The van der Waals surface area contributed by atoms with Gasteiger partial charge in [-0.3, -0.25) is 9.59 Å². The molecular formula is C33H38N4O2. The number of rotatable bonds is 10. The maximum absolute atomic E-state index is 12.9. The van der Waals surface area contributed by atoms with Gasteiger partial charge >= 0.3 is 0 Å². The summed E-state index contributed by atoms with van der Waals surface area (Å²) < 4.78 is 2.20. The summed E-state index contributed by atoms with van der Waals surface area (Å²) in [6.07, 6.45) is 7.06. The van der Waals surface area contributed by atoms with Gasteiger partial charge in [-0.2, -0.15) is 0 Å². The fourth-order valence-corrected chi connectivity index (χ4v) is 5.42. The highest BCUT2D eigenvalue weighted by molar-refractivity contribution is 5.79. The molecule has 1 N–H and O–H groups in total. The third kappa shape index (κ3) is 7.14. The van der Waals surface area contributed by atoms with E-state index in [1.165, 1.54) is 18.4 Å². The summed E-state index contributed by atoms with van der Waals surface area (Å²) in [5.74, 6) is 1.24. The number of nitrogens with zero attached hydrogens (tertiary/aromatic N) is 3. The first-order valence-corrected chi connectivity index (χ1v) is 14.3. The molecule has 202 valence electrons. The number of carbonyl (C=O) groups is 2. The van der Waals surface area contributed by atoms with Crippen LogP contribution in [0.4, 0.5) is 0 Å². The van der Waals surface area contributed by atoms with Crippen LogP contribution in [-0.2, 0) is 29.0 Å². The highest BCUT2D eigenvalue weighted by Gasteiger charge is 2.17. The van der Waals surface area contributed by atoms with Crippen LogP contribution in [0.3, 0.4) is 0 Å². The van der Waals surface area contributed by atoms with Gasteiger partial charge in [0.15, 0.2) is 0 Å². The second-order valence-electron chi connectivity index (χ2n) is 10.4. The van der Waals surface area contributed by atoms with Crippen LogP contribution >= 0.6 is 0 Å². The number of likely N-dealkylation sites (tertiary alicyclic amines) is 1. The number of hydrogen-bond donors (Lipinski definition) is 1. The lowest BCUT2D eigenvalue weighted by atomic mass is 10.0. The average molecular weight is 523 g/mol. The van der Waals surface area contributed by atoms with E-state index in [4.69, 9.17) is 4.98 Å². The molecule has 0 bridgehead atoms. The number of hydrogen-bond acceptors (Lipinski definition) is 3. The molecule has 0 spiro atoms. The number of aryl methyl sites for hydroxylation is 2. The summed E-state index contributed by atoms with van der Waals surface area (Å²) in [7, 11) is 0. The number of aromatic nitrogens is 2. The van der Waals surface area contributed by atoms with Crippen LogP contribution in [-0.4, -0.2) is 45.9 Å². The first-order valence-electron chi connectivity index (χ1n) is 14.3. The fourth-order valence-electron chi connectivity index (χ4n) is 5.42. The smallest absolute Gasteiger partial charge is 0.224 e. The summed E-state index contributed by atoms with van der Waals surface area (Å²) in [5.41, 5.74) is 5.35. The summed E-state index contributed by atoms with van der Waals surface area (Å²) in [6.45, 7) is 2.99. The summed E-state index contributed by atoms with van der Waals surface area (Å²) in [6, 6.07) is 26.6. The molecule has 6 heteroatoms. The van der Waals surface area contributed by atoms with Crippen molar-refractivity contribution in [2.75, 3.05) is 19.6 Å². The van der Waals surface area contributed by atoms with Crippen LogP contribution < -0.4 is 5.32 Å². The predicted molar refractivity (Wildman–Crippen MR) is 156 cm³/mol. The first kappa shape index (κ1) is 26.7. The second kappa shape index (κ2) is 13.2. The predicted octanol–water partition coefficient (Wildman–Crippen LogP) is 5.79. The summed E-state index contributed by atoms with van der Waals surface area (Å²) >= 11 is 0. The van der Waals surface area contributed by atoms with E-state index in [1.54, 1.807) is 0 Å². The normalized spacial score (nSPS) is 13.8. The Morgan fingerprint density at radius 2 is 1.49 bits per heavy atom. The van der Waals surface area contributed by atoms with Crippen molar-refractivity contribution < 1.29 is 9.59 Å². The molecule has 1 aliphatic rings. The minimum absolute atomic E-state index is 0.0269. The number of benzene rings is 3. The molecule has 0 aliphatic carbocycles. The van der Waals surface area contributed by atoms with Crippen molar-refractivity contribution >= 4 is 22.8 Å². The largest absolute Gasteiger partial charge is 0.356 e. The van der Waals surface area contributed by atoms with Crippen molar-refractivity contribution in [3.63, 3.8) is 0 Å². The van der Waals surface area contributed by atoms with Gasteiger partial charge in [-0.05, 0) is 48.1 Å². The third-order valence-electron chi connectivity index (χ3n) is 7.57. The number of para-hydroxylation sites is 2. The van der Waals surface area contributed by atoms with Crippen molar-refractivity contribution in [1.29, 1.82) is 0 Å². The van der Waals surface area contributed by atoms with Crippen molar-refractivity contribution in [2.45, 2.75) is 57.9 Å². The van der Waals surface area contributed by atoms with Crippen molar-refractivity contribution in [3.05, 3.63) is 90.3 Å². The number of amides is 2. The van der Waals surface area contributed by atoms with Crippen molar-refractivity contribution in [1.82, 2.24) is 19.8 Å². The molecule has 4 aromatic rings. The zero-order chi connectivity index (χ0) is 26.9. The average Bonchev–Trinajstić information content (AvgIpc) is 3.11. The lowest BCUT2D eigenvalue weighted by Gasteiger charge is -2.20. The highest BCUT2D eigenvalue weighted by Crippen LogP contribution is 2.20. The van der Waals surface area contributed by atoms with Crippen LogP contribution in [0, 0.1) is 0 Å². The van der Waals surface area contributed by atoms with Crippen LogP contribution in [0.5, 0.6) is 0 Å². The molecule has 1 saturated heterocycles. The minimum atomic E-state index is 0.0269. The number of nitrogens with one attached hydrogen (secondary N) is 1. The van der Waals surface area contributed by atoms with Gasteiger partial charge in [0.25, 0.3) is 0 Å². The Kier molecular flexibility index (Phi) is 9.05. The van der Waals surface area contributed by atoms with Crippen LogP contribution in [0.25, 0.3) is 22.2 Å². The lowest BCUT2D eigenvalue weighted by Crippen LogP contribution is -2.32. The Hall–Kier alpha value is -3.93. The zero-order valence-corrected chi connectivity index (χ0v) is 22.6. The third-order valence-corrected chi connectivity index (χ3v) is 7.57. The number of carbonyl (C=O) groups excluding carboxylic acids is 2. The molecule has 0 saturated carbocycles. The van der Waals surface area contributed by atoms with Gasteiger partial charge < -0.3 is 14.8 Å². The SMILES string of the molecule is O=C(Cc1ccc(-c2ccccc2)cc1)NCCCc1nc2ccccc2n1CCC(=O)N1CCCCCC1. The van der Waals surface area contributed by atoms with Gasteiger partial charge in [-0.15, -0.1) is 0 Å². The Balaban J connectivity index is 1.12. The monoisotopic (exact) mass is 522 g/mol. The van der Waals surface area contributed by atoms with E-state index in [-0.39, 0.29) is 11.8 Å². The topological polar surface area (TPSA) is 67.2 Å². The van der Waals surface area contributed by atoms with Gasteiger partial charge in [0.1, 0.15) is 5.82 Å². The standard InChI is InChI=1S/C33H38N4O2/c38-32(25-26-16-18-28(19-17-26)27-11-4-3-5-12-27)34-21-10-15-31-35-29-13-6-7-14-30(29)37(31)24-20-33(39)36-22-8-1-2-9-23-36/h3-7,11-14,16-19H,1-2,8-10,15,20-25H2,(H,34,38). The molecule has 5 rings (SSSR count). The van der Waals surface area contributed by atoms with E-state index >= 15 is 0 Å². The van der Waals surface area contributed by atoms with Gasteiger partial charge in [0.05, 0.1) is 17.5 Å². The maximum Gasteiger partial charge on any atom is 0.224 e. The quantitative estimate of drug-likeness (QED) is 0.268. The molecule has 0 atom stereocenters. The molecule has 0 unspecified atom stereocenters. The zero-order valence-electron chi connectivity index (χ0n) is 22.6. The van der Waals surface area contributed by atoms with Crippen molar-refractivity contribution in [3.8, 4) is 11.1 Å². The van der Waals surface area contributed by atoms with E-state index in [9.17, 15) is 9.59 Å². The Labute approximate surface area is 231 Å². The van der Waals surface area contributed by atoms with E-state index in [1.807, 2.05) is 53.4 Å². The van der Waals surface area contributed by atoms with Crippen LogP contribution in [0.15, 0.2) is 78.9 Å². The fraction of sp³-hybridized carbons (Fsp3) is 0.364. The van der Waals surface area contributed by atoms with Gasteiger partial charge in [-0.25, -0.2) is 4.98 Å². The Morgan fingerprint density at radius 3 is 2.26 bits per heavy atom. The Bertz CT molecular complexity index is 1370. The number of fused-ring (bicyclic) bond motifs is 1. The summed E-state index contributed by atoms with van der Waals surface area (Å²) in [5, 5.41) is 3.06. The van der Waals surface area contributed by atoms with E-state index in [2.05, 4.69) is 40.2 Å².